The molecule has 0 spiro atoms. The molecule has 2 N–H and O–H groups in total. The number of rotatable bonds is 3. The van der Waals surface area contributed by atoms with E-state index >= 15 is 0 Å². The van der Waals surface area contributed by atoms with Crippen LogP contribution in [-0.4, -0.2) is 16.8 Å². The number of aromatic nitrogens is 1. The molecule has 1 saturated carbocycles. The van der Waals surface area contributed by atoms with Gasteiger partial charge in [-0.15, -0.1) is 0 Å². The highest BCUT2D eigenvalue weighted by Crippen LogP contribution is 2.37. The van der Waals surface area contributed by atoms with Gasteiger partial charge in [-0.25, -0.2) is 4.39 Å². The van der Waals surface area contributed by atoms with Gasteiger partial charge >= 0.3 is 6.18 Å². The molecule has 1 aliphatic carbocycles. The summed E-state index contributed by atoms with van der Waals surface area (Å²) in [5.74, 6) is 0.0762. The monoisotopic (exact) mass is 440 g/mol. The summed E-state index contributed by atoms with van der Waals surface area (Å²) in [6.07, 6.45) is 2.67. The maximum absolute atomic E-state index is 13.2. The maximum Gasteiger partial charge on any atom is 0.416 e. The van der Waals surface area contributed by atoms with Crippen LogP contribution in [0.15, 0.2) is 36.5 Å². The van der Waals surface area contributed by atoms with Gasteiger partial charge in [-0.2, -0.15) is 13.2 Å². The van der Waals surface area contributed by atoms with E-state index in [4.69, 9.17) is 5.73 Å². The predicted molar refractivity (Wildman–Crippen MR) is 116 cm³/mol. The van der Waals surface area contributed by atoms with Crippen LogP contribution in [0.25, 0.3) is 0 Å². The van der Waals surface area contributed by atoms with Crippen LogP contribution in [0.3, 0.4) is 0 Å². The van der Waals surface area contributed by atoms with E-state index in [1.807, 2.05) is 19.9 Å². The first kappa shape index (κ1) is 26.8. The molecule has 1 atom stereocenters. The van der Waals surface area contributed by atoms with Crippen LogP contribution in [0, 0.1) is 12.7 Å². The van der Waals surface area contributed by atoms with Crippen molar-refractivity contribution in [3.05, 3.63) is 64.7 Å². The van der Waals surface area contributed by atoms with Gasteiger partial charge in [0.25, 0.3) is 0 Å². The molecule has 0 aliphatic heterocycles. The lowest BCUT2D eigenvalue weighted by Gasteiger charge is -2.39. The average molecular weight is 441 g/mol. The van der Waals surface area contributed by atoms with Crippen molar-refractivity contribution in [2.75, 3.05) is 0 Å². The number of hydrogen-bond donors (Lipinski definition) is 1. The average Bonchev–Trinajstić information content (AvgIpc) is 2.75. The molecule has 1 heterocycles. The molecule has 31 heavy (non-hydrogen) atoms. The Hall–Kier alpha value is -2.28. The maximum atomic E-state index is 13.2. The second-order valence-corrected chi connectivity index (χ2v) is 7.55. The molecule has 1 fully saturated rings. The summed E-state index contributed by atoms with van der Waals surface area (Å²) in [6.45, 7) is 7.35. The third-order valence-corrected chi connectivity index (χ3v) is 5.66. The van der Waals surface area contributed by atoms with Crippen LogP contribution in [0.2, 0.25) is 0 Å². The van der Waals surface area contributed by atoms with Crippen LogP contribution in [0.1, 0.15) is 86.0 Å². The van der Waals surface area contributed by atoms with E-state index in [0.29, 0.717) is 6.29 Å². The molecule has 1 aliphatic rings. The Bertz CT molecular complexity index is 831. The van der Waals surface area contributed by atoms with Crippen LogP contribution in [-0.2, 0) is 6.18 Å². The lowest BCUT2D eigenvalue weighted by atomic mass is 9.72. The fraction of sp³-hybridized carbons (Fsp3) is 0.500. The first-order valence-electron chi connectivity index (χ1n) is 10.6. The van der Waals surface area contributed by atoms with Gasteiger partial charge in [0, 0.05) is 11.7 Å². The Morgan fingerprint density at radius 1 is 1.13 bits per heavy atom. The number of nitrogens with zero attached hydrogens (tertiary/aromatic N) is 1. The molecule has 0 saturated heterocycles. The minimum absolute atomic E-state index is 0.133. The molecule has 172 valence electrons. The largest absolute Gasteiger partial charge is 0.416 e. The zero-order valence-corrected chi connectivity index (χ0v) is 18.6. The second kappa shape index (κ2) is 11.9. The molecule has 1 unspecified atom stereocenters. The van der Waals surface area contributed by atoms with Gasteiger partial charge in [0.2, 0.25) is 0 Å². The highest BCUT2D eigenvalue weighted by Gasteiger charge is 2.34. The molecule has 2 aromatic rings. The first-order chi connectivity index (χ1) is 14.6. The highest BCUT2D eigenvalue weighted by atomic mass is 19.4. The summed E-state index contributed by atoms with van der Waals surface area (Å²) in [5.41, 5.74) is 6.24. The van der Waals surface area contributed by atoms with Crippen molar-refractivity contribution in [2.24, 2.45) is 5.73 Å². The van der Waals surface area contributed by atoms with Crippen LogP contribution in [0.5, 0.6) is 0 Å². The molecular weight excluding hydrogens is 408 g/mol. The van der Waals surface area contributed by atoms with Gasteiger partial charge in [0.05, 0.1) is 5.56 Å². The lowest BCUT2D eigenvalue weighted by Crippen LogP contribution is -2.46. The van der Waals surface area contributed by atoms with Crippen LogP contribution < -0.4 is 5.73 Å². The summed E-state index contributed by atoms with van der Waals surface area (Å²) in [5, 5.41) is 0. The Balaban J connectivity index is 0.000000293. The summed E-state index contributed by atoms with van der Waals surface area (Å²) < 4.78 is 49.8. The van der Waals surface area contributed by atoms with Crippen molar-refractivity contribution < 1.29 is 22.4 Å². The predicted octanol–water partition coefficient (Wildman–Crippen LogP) is 6.84. The molecule has 0 radical (unpaired) electrons. The lowest BCUT2D eigenvalue weighted by molar-refractivity contribution is -0.138. The third kappa shape index (κ3) is 7.42. The zero-order chi connectivity index (χ0) is 23.7. The van der Waals surface area contributed by atoms with E-state index in [0.717, 1.165) is 30.7 Å². The van der Waals surface area contributed by atoms with Gasteiger partial charge in [0.15, 0.2) is 6.29 Å². The van der Waals surface area contributed by atoms with Gasteiger partial charge < -0.3 is 5.73 Å². The molecular formula is C24H32F4N2O. The molecule has 3 rings (SSSR count). The molecule has 1 aromatic carbocycles. The van der Waals surface area contributed by atoms with Crippen molar-refractivity contribution in [2.45, 2.75) is 77.4 Å². The fourth-order valence-corrected chi connectivity index (χ4v) is 3.73. The second-order valence-electron chi connectivity index (χ2n) is 7.55. The number of aldehydes is 1. The van der Waals surface area contributed by atoms with E-state index in [2.05, 4.69) is 11.9 Å². The quantitative estimate of drug-likeness (QED) is 0.420. The number of nitrogens with two attached hydrogens (primary N) is 1. The van der Waals surface area contributed by atoms with Crippen molar-refractivity contribution in [3.8, 4) is 0 Å². The Morgan fingerprint density at radius 3 is 2.26 bits per heavy atom. The van der Waals surface area contributed by atoms with E-state index in [9.17, 15) is 22.4 Å². The summed E-state index contributed by atoms with van der Waals surface area (Å²) >= 11 is 0. The SMILES string of the molecule is CC.CC(c1cccc(F)c1)C1(N)CCCCC1.Cc1c(C(F)(F)F)ccnc1C=O. The number of benzene rings is 1. The first-order valence-corrected chi connectivity index (χ1v) is 10.6. The molecule has 0 amide bonds. The van der Waals surface area contributed by atoms with Gasteiger partial charge in [-0.1, -0.05) is 52.2 Å². The van der Waals surface area contributed by atoms with Crippen molar-refractivity contribution >= 4 is 6.29 Å². The summed E-state index contributed by atoms with van der Waals surface area (Å²) in [7, 11) is 0. The van der Waals surface area contributed by atoms with Gasteiger partial charge in [0.1, 0.15) is 11.5 Å². The Morgan fingerprint density at radius 2 is 1.74 bits per heavy atom. The molecule has 3 nitrogen and oxygen atoms in total. The summed E-state index contributed by atoms with van der Waals surface area (Å²) in [6, 6.07) is 7.71. The zero-order valence-electron chi connectivity index (χ0n) is 18.6. The Kier molecular flexibility index (Phi) is 10.3. The number of halogens is 4. The Labute approximate surface area is 182 Å². The number of hydrogen-bond acceptors (Lipinski definition) is 3. The smallest absolute Gasteiger partial charge is 0.325 e. The highest BCUT2D eigenvalue weighted by molar-refractivity contribution is 5.74. The fourth-order valence-electron chi connectivity index (χ4n) is 3.73. The van der Waals surface area contributed by atoms with Crippen molar-refractivity contribution in [3.63, 3.8) is 0 Å². The van der Waals surface area contributed by atoms with Gasteiger partial charge in [-0.3, -0.25) is 9.78 Å². The van der Waals surface area contributed by atoms with Crippen LogP contribution in [0.4, 0.5) is 17.6 Å². The van der Waals surface area contributed by atoms with E-state index in [1.165, 1.54) is 32.3 Å². The third-order valence-electron chi connectivity index (χ3n) is 5.66. The van der Waals surface area contributed by atoms with Crippen LogP contribution >= 0.6 is 0 Å². The van der Waals surface area contributed by atoms with Crippen molar-refractivity contribution in [1.82, 2.24) is 4.98 Å². The number of carbonyl (C=O) groups is 1. The standard InChI is InChI=1S/C14H20FN.C8H6F3NO.C2H6/c1-11(12-6-5-7-13(15)10-12)14(16)8-3-2-4-9-14;1-5-6(8(9,10)11)2-3-12-7(5)4-13;1-2/h5-7,10-11H,2-4,8-9,16H2,1H3;2-4H,1H3;1-2H3. The van der Waals surface area contributed by atoms with Gasteiger partial charge in [-0.05, 0) is 55.0 Å². The topological polar surface area (TPSA) is 56.0 Å². The molecule has 7 heteroatoms. The molecule has 1 aromatic heterocycles. The van der Waals surface area contributed by atoms with E-state index in [-0.39, 0.29) is 28.5 Å². The van der Waals surface area contributed by atoms with E-state index in [1.54, 1.807) is 12.1 Å². The number of pyridine rings is 1. The minimum atomic E-state index is -4.43. The molecule has 0 bridgehead atoms. The normalized spacial score (nSPS) is 16.2. The van der Waals surface area contributed by atoms with Crippen molar-refractivity contribution in [1.29, 1.82) is 0 Å². The summed E-state index contributed by atoms with van der Waals surface area (Å²) in [4.78, 5) is 13.8. The van der Waals surface area contributed by atoms with E-state index < -0.39 is 11.7 Å². The minimum Gasteiger partial charge on any atom is -0.325 e. The number of carbonyl (C=O) groups excluding carboxylic acids is 1. The number of alkyl halides is 3.